The maximum absolute atomic E-state index is 4.10. The minimum Gasteiger partial charge on any atom is -0.197 e. The van der Waals surface area contributed by atoms with Crippen molar-refractivity contribution in [1.82, 2.24) is 19.8 Å². The van der Waals surface area contributed by atoms with Gasteiger partial charge in [0.05, 0.1) is 0 Å². The molecule has 2 heterocycles. The summed E-state index contributed by atoms with van der Waals surface area (Å²) in [6, 6.07) is 3.70. The fourth-order valence-electron chi connectivity index (χ4n) is 1.05. The minimum atomic E-state index is 0.693. The molecule has 2 rings (SSSR count). The molecule has 0 aliphatic rings. The highest BCUT2D eigenvalue weighted by Crippen LogP contribution is 2.00. The van der Waals surface area contributed by atoms with E-state index in [0.29, 0.717) is 6.42 Å². The monoisotopic (exact) mass is 160 g/mol. The Morgan fingerprint density at radius 2 is 2.42 bits per heavy atom. The third kappa shape index (κ3) is 0.972. The van der Waals surface area contributed by atoms with Crippen LogP contribution < -0.4 is 0 Å². The van der Waals surface area contributed by atoms with Crippen molar-refractivity contribution >= 4 is 5.65 Å². The molecule has 2 aromatic heterocycles. The third-order valence-electron chi connectivity index (χ3n) is 1.57. The molecule has 12 heavy (non-hydrogen) atoms. The van der Waals surface area contributed by atoms with Crippen LogP contribution in [0.3, 0.4) is 0 Å². The van der Waals surface area contributed by atoms with Gasteiger partial charge in [0.2, 0.25) is 0 Å². The van der Waals surface area contributed by atoms with Crippen molar-refractivity contribution < 1.29 is 0 Å². The van der Waals surface area contributed by atoms with Gasteiger partial charge in [-0.2, -0.15) is 9.61 Å². The first-order valence-electron chi connectivity index (χ1n) is 3.68. The summed E-state index contributed by atoms with van der Waals surface area (Å²) in [7, 11) is 0. The maximum atomic E-state index is 4.10. The Morgan fingerprint density at radius 3 is 3.25 bits per heavy atom. The second-order valence-corrected chi connectivity index (χ2v) is 2.40. The molecule has 0 N–H and O–H groups in total. The van der Waals surface area contributed by atoms with Gasteiger partial charge in [-0.1, -0.05) is 6.08 Å². The molecule has 0 fully saturated rings. The summed E-state index contributed by atoms with van der Waals surface area (Å²) in [4.78, 5) is 0. The van der Waals surface area contributed by atoms with E-state index in [1.165, 1.54) is 0 Å². The number of allylic oxidation sites excluding steroid dienone is 1. The van der Waals surface area contributed by atoms with Crippen LogP contribution in [0.2, 0.25) is 0 Å². The van der Waals surface area contributed by atoms with Crippen molar-refractivity contribution in [2.45, 2.75) is 6.42 Å². The van der Waals surface area contributed by atoms with Gasteiger partial charge in [0, 0.05) is 12.6 Å². The van der Waals surface area contributed by atoms with Gasteiger partial charge in [-0.15, -0.1) is 16.8 Å². The lowest BCUT2D eigenvalue weighted by Crippen LogP contribution is -1.95. The lowest BCUT2D eigenvalue weighted by atomic mass is 10.4. The molecule has 0 bridgehead atoms. The van der Waals surface area contributed by atoms with Crippen LogP contribution in [0.15, 0.2) is 31.0 Å². The quantitative estimate of drug-likeness (QED) is 0.612. The summed E-state index contributed by atoms with van der Waals surface area (Å²) in [5, 5.41) is 12.0. The molecule has 0 aromatic carbocycles. The van der Waals surface area contributed by atoms with Gasteiger partial charge in [0.15, 0.2) is 11.5 Å². The van der Waals surface area contributed by atoms with Crippen molar-refractivity contribution in [3.8, 4) is 0 Å². The van der Waals surface area contributed by atoms with Crippen LogP contribution in [0.5, 0.6) is 0 Å². The predicted octanol–water partition coefficient (Wildman–Crippen LogP) is 0.853. The molecule has 0 aliphatic heterocycles. The first kappa shape index (κ1) is 6.97. The number of fused-ring (bicyclic) bond motifs is 1. The van der Waals surface area contributed by atoms with Crippen LogP contribution in [0.25, 0.3) is 5.65 Å². The first-order valence-corrected chi connectivity index (χ1v) is 3.68. The Morgan fingerprint density at radius 1 is 1.50 bits per heavy atom. The van der Waals surface area contributed by atoms with E-state index in [1.807, 2.05) is 12.1 Å². The lowest BCUT2D eigenvalue weighted by molar-refractivity contribution is 0.847. The van der Waals surface area contributed by atoms with E-state index >= 15 is 0 Å². The molecular formula is C8H8N4. The zero-order valence-corrected chi connectivity index (χ0v) is 6.51. The van der Waals surface area contributed by atoms with Gasteiger partial charge in [0.25, 0.3) is 0 Å². The van der Waals surface area contributed by atoms with E-state index in [4.69, 9.17) is 0 Å². The van der Waals surface area contributed by atoms with Crippen LogP contribution in [-0.4, -0.2) is 19.8 Å². The number of rotatable bonds is 2. The largest absolute Gasteiger partial charge is 0.197 e. The molecule has 0 amide bonds. The summed E-state index contributed by atoms with van der Waals surface area (Å²) in [6.07, 6.45) is 4.19. The summed E-state index contributed by atoms with van der Waals surface area (Å²) in [6.45, 7) is 3.63. The highest BCUT2D eigenvalue weighted by atomic mass is 15.4. The second-order valence-electron chi connectivity index (χ2n) is 2.40. The molecule has 0 aliphatic carbocycles. The molecule has 0 saturated carbocycles. The normalized spacial score (nSPS) is 10.3. The molecule has 2 aromatic rings. The van der Waals surface area contributed by atoms with Crippen LogP contribution in [0.4, 0.5) is 0 Å². The number of hydrogen-bond donors (Lipinski definition) is 0. The SMILES string of the molecule is C=CCc1nnc2cccnn12. The summed E-state index contributed by atoms with van der Waals surface area (Å²) in [5.74, 6) is 0.820. The zero-order chi connectivity index (χ0) is 8.39. The molecule has 0 saturated heterocycles. The molecule has 0 radical (unpaired) electrons. The van der Waals surface area contributed by atoms with Crippen LogP contribution in [0.1, 0.15) is 5.82 Å². The molecule has 4 nitrogen and oxygen atoms in total. The van der Waals surface area contributed by atoms with Gasteiger partial charge < -0.3 is 0 Å². The number of hydrogen-bond acceptors (Lipinski definition) is 3. The Hall–Kier alpha value is -1.71. The Kier molecular flexibility index (Phi) is 1.59. The van der Waals surface area contributed by atoms with Gasteiger partial charge in [-0.25, -0.2) is 0 Å². The predicted molar refractivity (Wildman–Crippen MR) is 44.7 cm³/mol. The van der Waals surface area contributed by atoms with Crippen molar-refractivity contribution in [3.05, 3.63) is 36.8 Å². The summed E-state index contributed by atoms with van der Waals surface area (Å²) >= 11 is 0. The smallest absolute Gasteiger partial charge is 0.177 e. The Labute approximate surface area is 69.6 Å². The molecule has 0 unspecified atom stereocenters. The van der Waals surface area contributed by atoms with Gasteiger partial charge in [-0.05, 0) is 12.1 Å². The maximum Gasteiger partial charge on any atom is 0.177 e. The van der Waals surface area contributed by atoms with Gasteiger partial charge in [-0.3, -0.25) is 0 Å². The fourth-order valence-corrected chi connectivity index (χ4v) is 1.05. The second kappa shape index (κ2) is 2.73. The van der Waals surface area contributed by atoms with E-state index in [0.717, 1.165) is 11.5 Å². The number of aromatic nitrogens is 4. The molecule has 0 atom stereocenters. The van der Waals surface area contributed by atoms with E-state index in [2.05, 4.69) is 21.9 Å². The topological polar surface area (TPSA) is 43.1 Å². The minimum absolute atomic E-state index is 0.693. The van der Waals surface area contributed by atoms with Gasteiger partial charge >= 0.3 is 0 Å². The summed E-state index contributed by atoms with van der Waals surface area (Å²) in [5.41, 5.74) is 0.773. The molecule has 4 heteroatoms. The zero-order valence-electron chi connectivity index (χ0n) is 6.51. The Bertz CT molecular complexity index is 404. The van der Waals surface area contributed by atoms with Crippen molar-refractivity contribution in [2.75, 3.05) is 0 Å². The third-order valence-corrected chi connectivity index (χ3v) is 1.57. The van der Waals surface area contributed by atoms with Crippen LogP contribution >= 0.6 is 0 Å². The van der Waals surface area contributed by atoms with Crippen LogP contribution in [0, 0.1) is 0 Å². The van der Waals surface area contributed by atoms with Gasteiger partial charge in [0.1, 0.15) is 0 Å². The molecule has 60 valence electrons. The average Bonchev–Trinajstić information content (AvgIpc) is 2.50. The standard InChI is InChI=1S/C8H8N4/c1-2-4-7-10-11-8-5-3-6-9-12(7)8/h2-3,5-6H,1,4H2. The highest BCUT2D eigenvalue weighted by Gasteiger charge is 2.01. The fraction of sp³-hybridized carbons (Fsp3) is 0.125. The lowest BCUT2D eigenvalue weighted by Gasteiger charge is -1.91. The van der Waals surface area contributed by atoms with E-state index in [1.54, 1.807) is 16.8 Å². The number of nitrogens with zero attached hydrogens (tertiary/aromatic N) is 4. The van der Waals surface area contributed by atoms with Crippen molar-refractivity contribution in [3.63, 3.8) is 0 Å². The Balaban J connectivity index is 2.62. The van der Waals surface area contributed by atoms with E-state index < -0.39 is 0 Å². The first-order chi connectivity index (χ1) is 5.92. The summed E-state index contributed by atoms with van der Waals surface area (Å²) < 4.78 is 1.71. The average molecular weight is 160 g/mol. The van der Waals surface area contributed by atoms with Crippen molar-refractivity contribution in [1.29, 1.82) is 0 Å². The van der Waals surface area contributed by atoms with Crippen LogP contribution in [-0.2, 0) is 6.42 Å². The van der Waals surface area contributed by atoms with E-state index in [-0.39, 0.29) is 0 Å². The van der Waals surface area contributed by atoms with E-state index in [9.17, 15) is 0 Å². The van der Waals surface area contributed by atoms with Crippen molar-refractivity contribution in [2.24, 2.45) is 0 Å². The highest BCUT2D eigenvalue weighted by molar-refractivity contribution is 5.34. The molecule has 0 spiro atoms. The molecular weight excluding hydrogens is 152 g/mol.